The van der Waals surface area contributed by atoms with Gasteiger partial charge in [0.25, 0.3) is 5.91 Å². The van der Waals surface area contributed by atoms with Gasteiger partial charge in [0.1, 0.15) is 0 Å². The van der Waals surface area contributed by atoms with E-state index in [1.54, 1.807) is 24.3 Å². The molecule has 0 aliphatic rings. The van der Waals surface area contributed by atoms with E-state index in [4.69, 9.17) is 11.6 Å². The van der Waals surface area contributed by atoms with Crippen LogP contribution in [0.25, 0.3) is 0 Å². The number of carbonyl (C=O) groups is 1. The highest BCUT2D eigenvalue weighted by Gasteiger charge is 2.20. The average Bonchev–Trinajstić information content (AvgIpc) is 2.17. The summed E-state index contributed by atoms with van der Waals surface area (Å²) in [4.78, 5) is 11.3. The third-order valence-corrected chi connectivity index (χ3v) is 2.95. The predicted octanol–water partition coefficient (Wildman–Crippen LogP) is 3.13. The van der Waals surface area contributed by atoms with Gasteiger partial charge in [-0.2, -0.15) is 12.6 Å². The van der Waals surface area contributed by atoms with Gasteiger partial charge in [-0.1, -0.05) is 30.7 Å². The van der Waals surface area contributed by atoms with Crippen LogP contribution in [0.2, 0.25) is 5.02 Å². The number of halogens is 1. The number of rotatable bonds is 3. The van der Waals surface area contributed by atoms with Crippen LogP contribution in [0.4, 0.5) is 0 Å². The lowest BCUT2D eigenvalue weighted by Crippen LogP contribution is -2.40. The Bertz CT molecular complexity index is 365. The molecule has 4 heteroatoms. The maximum absolute atomic E-state index is 11.8. The molecule has 82 valence electrons. The highest BCUT2D eigenvalue weighted by molar-refractivity contribution is 7.81. The van der Waals surface area contributed by atoms with Crippen LogP contribution in [0.15, 0.2) is 24.3 Å². The van der Waals surface area contributed by atoms with Crippen LogP contribution in [-0.2, 0) is 0 Å². The van der Waals surface area contributed by atoms with E-state index in [2.05, 4.69) is 17.9 Å². The Morgan fingerprint density at radius 3 is 2.67 bits per heavy atom. The minimum atomic E-state index is -0.504. The molecule has 0 fully saturated rings. The van der Waals surface area contributed by atoms with Crippen LogP contribution in [0.5, 0.6) is 0 Å². The molecule has 0 spiro atoms. The first-order valence-corrected chi connectivity index (χ1v) is 5.58. The Labute approximate surface area is 100 Å². The average molecular weight is 244 g/mol. The second-order valence-electron chi connectivity index (χ2n) is 3.56. The summed E-state index contributed by atoms with van der Waals surface area (Å²) in [5.41, 5.74) is 0.480. The Hall–Kier alpha value is -0.670. The summed E-state index contributed by atoms with van der Waals surface area (Å²) in [5.74, 6) is -0.194. The second-order valence-corrected chi connectivity index (χ2v) is 4.96. The van der Waals surface area contributed by atoms with Gasteiger partial charge in [0.15, 0.2) is 0 Å². The van der Waals surface area contributed by atoms with Crippen molar-refractivity contribution in [3.05, 3.63) is 34.9 Å². The van der Waals surface area contributed by atoms with Gasteiger partial charge in [0.05, 0.1) is 15.5 Å². The summed E-state index contributed by atoms with van der Waals surface area (Å²) >= 11 is 10.2. The van der Waals surface area contributed by atoms with Crippen LogP contribution in [0, 0.1) is 0 Å². The Balaban J connectivity index is 2.83. The molecule has 0 heterocycles. The molecule has 0 aromatic heterocycles. The molecule has 2 nitrogen and oxygen atoms in total. The molecule has 0 saturated heterocycles. The summed E-state index contributed by atoms with van der Waals surface area (Å²) in [7, 11) is 0. The first-order valence-electron chi connectivity index (χ1n) is 4.75. The summed E-state index contributed by atoms with van der Waals surface area (Å²) in [6.07, 6.45) is 0.742. The Morgan fingerprint density at radius 1 is 1.53 bits per heavy atom. The van der Waals surface area contributed by atoms with Crippen molar-refractivity contribution in [1.29, 1.82) is 0 Å². The van der Waals surface area contributed by atoms with E-state index in [1.165, 1.54) is 0 Å². The molecule has 1 N–H and O–H groups in total. The van der Waals surface area contributed by atoms with Crippen molar-refractivity contribution in [2.45, 2.75) is 25.1 Å². The van der Waals surface area contributed by atoms with Crippen molar-refractivity contribution in [3.63, 3.8) is 0 Å². The molecule has 0 radical (unpaired) electrons. The summed E-state index contributed by atoms with van der Waals surface area (Å²) in [6, 6.07) is 6.96. The molecular weight excluding hydrogens is 230 g/mol. The first kappa shape index (κ1) is 12.4. The molecule has 15 heavy (non-hydrogen) atoms. The fourth-order valence-corrected chi connectivity index (χ4v) is 1.37. The van der Waals surface area contributed by atoms with Crippen molar-refractivity contribution in [2.24, 2.45) is 0 Å². The fraction of sp³-hybridized carbons (Fsp3) is 0.364. The van der Waals surface area contributed by atoms with Gasteiger partial charge in [-0.15, -0.1) is 0 Å². The number of nitrogens with one attached hydrogen (secondary N) is 1. The molecule has 0 bridgehead atoms. The molecular formula is C11H14ClNOS. The third-order valence-electron chi connectivity index (χ3n) is 2.19. The summed E-state index contributed by atoms with van der Waals surface area (Å²) < 4.78 is 0. The lowest BCUT2D eigenvalue weighted by atomic mass is 10.2. The summed E-state index contributed by atoms with van der Waals surface area (Å²) in [6.45, 7) is 3.81. The number of hydrogen-bond acceptors (Lipinski definition) is 2. The maximum Gasteiger partial charge on any atom is 0.253 e. The van der Waals surface area contributed by atoms with Crippen LogP contribution < -0.4 is 5.32 Å². The van der Waals surface area contributed by atoms with Crippen molar-refractivity contribution in [2.75, 3.05) is 0 Å². The van der Waals surface area contributed by atoms with Gasteiger partial charge in [0, 0.05) is 0 Å². The van der Waals surface area contributed by atoms with Gasteiger partial charge >= 0.3 is 0 Å². The topological polar surface area (TPSA) is 29.1 Å². The van der Waals surface area contributed by atoms with Crippen molar-refractivity contribution < 1.29 is 4.79 Å². The van der Waals surface area contributed by atoms with E-state index < -0.39 is 4.87 Å². The van der Waals surface area contributed by atoms with Gasteiger partial charge in [-0.05, 0) is 25.5 Å². The van der Waals surface area contributed by atoms with Crippen LogP contribution in [-0.4, -0.2) is 10.8 Å². The highest BCUT2D eigenvalue weighted by atomic mass is 35.5. The molecule has 0 saturated carbocycles. The van der Waals surface area contributed by atoms with Crippen LogP contribution in [0.1, 0.15) is 30.6 Å². The Morgan fingerprint density at radius 2 is 2.13 bits per heavy atom. The van der Waals surface area contributed by atoms with E-state index >= 15 is 0 Å². The van der Waals surface area contributed by atoms with Gasteiger partial charge in [0.2, 0.25) is 0 Å². The normalized spacial score (nSPS) is 14.4. The van der Waals surface area contributed by atoms with Crippen molar-refractivity contribution in [1.82, 2.24) is 5.32 Å². The summed E-state index contributed by atoms with van der Waals surface area (Å²) in [5, 5.41) is 3.26. The van der Waals surface area contributed by atoms with Crippen LogP contribution in [0.3, 0.4) is 0 Å². The number of hydrogen-bond donors (Lipinski definition) is 2. The van der Waals surface area contributed by atoms with Gasteiger partial charge in [-0.3, -0.25) is 4.79 Å². The predicted molar refractivity (Wildman–Crippen MR) is 66.6 cm³/mol. The largest absolute Gasteiger partial charge is 0.338 e. The minimum absolute atomic E-state index is 0.194. The highest BCUT2D eigenvalue weighted by Crippen LogP contribution is 2.18. The van der Waals surface area contributed by atoms with E-state index in [9.17, 15) is 4.79 Å². The number of thiol groups is 1. The van der Waals surface area contributed by atoms with Crippen molar-refractivity contribution in [3.8, 4) is 0 Å². The van der Waals surface area contributed by atoms with E-state index in [-0.39, 0.29) is 5.91 Å². The Kier molecular flexibility index (Phi) is 4.05. The zero-order valence-electron chi connectivity index (χ0n) is 8.75. The SMILES string of the molecule is CCC(C)(S)NC(=O)c1ccccc1Cl. The molecule has 1 amide bonds. The monoisotopic (exact) mass is 243 g/mol. The molecule has 1 aromatic rings. The second kappa shape index (κ2) is 4.90. The van der Waals surface area contributed by atoms with E-state index in [0.29, 0.717) is 10.6 Å². The molecule has 1 atom stereocenters. The van der Waals surface area contributed by atoms with E-state index in [1.807, 2.05) is 13.8 Å². The molecule has 1 rings (SSSR count). The quantitative estimate of drug-likeness (QED) is 0.620. The van der Waals surface area contributed by atoms with Crippen LogP contribution >= 0.6 is 24.2 Å². The first-order chi connectivity index (χ1) is 6.96. The zero-order valence-corrected chi connectivity index (χ0v) is 10.4. The minimum Gasteiger partial charge on any atom is -0.338 e. The lowest BCUT2D eigenvalue weighted by molar-refractivity contribution is 0.0933. The molecule has 1 unspecified atom stereocenters. The molecule has 1 aromatic carbocycles. The standard InChI is InChI=1S/C11H14ClNOS/c1-3-11(2,15)13-10(14)8-6-4-5-7-9(8)12/h4-7,15H,3H2,1-2H3,(H,13,14). The zero-order chi connectivity index (χ0) is 11.5. The fourth-order valence-electron chi connectivity index (χ4n) is 1.05. The third kappa shape index (κ3) is 3.43. The number of carbonyl (C=O) groups excluding carboxylic acids is 1. The van der Waals surface area contributed by atoms with Gasteiger partial charge < -0.3 is 5.32 Å². The van der Waals surface area contributed by atoms with Gasteiger partial charge in [-0.25, -0.2) is 0 Å². The lowest BCUT2D eigenvalue weighted by Gasteiger charge is -2.23. The molecule has 0 aliphatic carbocycles. The maximum atomic E-state index is 11.8. The smallest absolute Gasteiger partial charge is 0.253 e. The van der Waals surface area contributed by atoms with Crippen molar-refractivity contribution >= 4 is 30.1 Å². The van der Waals surface area contributed by atoms with E-state index in [0.717, 1.165) is 6.42 Å². The molecule has 0 aliphatic heterocycles. The number of benzene rings is 1. The number of amides is 1.